The second-order valence-corrected chi connectivity index (χ2v) is 6.51. The van der Waals surface area contributed by atoms with Crippen molar-refractivity contribution in [3.63, 3.8) is 0 Å². The summed E-state index contributed by atoms with van der Waals surface area (Å²) in [7, 11) is 0. The van der Waals surface area contributed by atoms with Crippen LogP contribution in [0.1, 0.15) is 27.7 Å². The van der Waals surface area contributed by atoms with Crippen molar-refractivity contribution in [2.24, 2.45) is 0 Å². The van der Waals surface area contributed by atoms with E-state index in [1.807, 2.05) is 38.1 Å². The van der Waals surface area contributed by atoms with Gasteiger partial charge in [0.1, 0.15) is 0 Å². The molecule has 4 nitrogen and oxygen atoms in total. The molecule has 0 bridgehead atoms. The van der Waals surface area contributed by atoms with Gasteiger partial charge in [-0.2, -0.15) is 0 Å². The number of amides is 1. The van der Waals surface area contributed by atoms with Crippen molar-refractivity contribution in [2.45, 2.75) is 38.8 Å². The SMILES string of the molecule is CC(C)(O)C(C)(C)NCC(=O)Nc1ccc(Br)cc1. The molecule has 0 atom stereocenters. The summed E-state index contributed by atoms with van der Waals surface area (Å²) in [6, 6.07) is 7.37. The van der Waals surface area contributed by atoms with E-state index in [9.17, 15) is 9.90 Å². The van der Waals surface area contributed by atoms with Crippen molar-refractivity contribution in [1.29, 1.82) is 0 Å². The van der Waals surface area contributed by atoms with Gasteiger partial charge < -0.3 is 15.7 Å². The van der Waals surface area contributed by atoms with E-state index in [-0.39, 0.29) is 12.5 Å². The van der Waals surface area contributed by atoms with Crippen LogP contribution >= 0.6 is 15.9 Å². The molecule has 0 unspecified atom stereocenters. The molecule has 3 N–H and O–H groups in total. The Kier molecular flexibility index (Phi) is 5.12. The van der Waals surface area contributed by atoms with Crippen LogP contribution in [0.3, 0.4) is 0 Å². The molecule has 0 aliphatic rings. The molecule has 0 fully saturated rings. The molecule has 0 heterocycles. The third-order valence-corrected chi connectivity index (χ3v) is 3.88. The molecular formula is C14H21BrN2O2. The van der Waals surface area contributed by atoms with E-state index in [1.165, 1.54) is 0 Å². The average Bonchev–Trinajstić information content (AvgIpc) is 2.28. The van der Waals surface area contributed by atoms with Crippen molar-refractivity contribution < 1.29 is 9.90 Å². The van der Waals surface area contributed by atoms with Gasteiger partial charge in [0.25, 0.3) is 0 Å². The first kappa shape index (κ1) is 16.1. The molecule has 0 saturated heterocycles. The van der Waals surface area contributed by atoms with Crippen LogP contribution < -0.4 is 10.6 Å². The van der Waals surface area contributed by atoms with E-state index >= 15 is 0 Å². The number of nitrogens with one attached hydrogen (secondary N) is 2. The van der Waals surface area contributed by atoms with Crippen molar-refractivity contribution in [2.75, 3.05) is 11.9 Å². The van der Waals surface area contributed by atoms with Crippen LogP contribution in [0.2, 0.25) is 0 Å². The van der Waals surface area contributed by atoms with E-state index in [4.69, 9.17) is 0 Å². The molecule has 0 aliphatic heterocycles. The van der Waals surface area contributed by atoms with Crippen molar-refractivity contribution in [3.8, 4) is 0 Å². The van der Waals surface area contributed by atoms with Crippen LogP contribution in [0, 0.1) is 0 Å². The van der Waals surface area contributed by atoms with Gasteiger partial charge in [0.05, 0.1) is 12.1 Å². The smallest absolute Gasteiger partial charge is 0.238 e. The summed E-state index contributed by atoms with van der Waals surface area (Å²) >= 11 is 3.34. The van der Waals surface area contributed by atoms with Gasteiger partial charge in [-0.1, -0.05) is 15.9 Å². The zero-order valence-corrected chi connectivity index (χ0v) is 13.3. The number of hydrogen-bond acceptors (Lipinski definition) is 3. The fraction of sp³-hybridized carbons (Fsp3) is 0.500. The van der Waals surface area contributed by atoms with Crippen LogP contribution in [0.15, 0.2) is 28.7 Å². The number of aliphatic hydroxyl groups is 1. The lowest BCUT2D eigenvalue weighted by atomic mass is 9.86. The Hall–Kier alpha value is -0.910. The molecule has 5 heteroatoms. The second-order valence-electron chi connectivity index (χ2n) is 5.59. The minimum atomic E-state index is -0.912. The molecule has 19 heavy (non-hydrogen) atoms. The highest BCUT2D eigenvalue weighted by atomic mass is 79.9. The molecule has 1 rings (SSSR count). The summed E-state index contributed by atoms with van der Waals surface area (Å²) in [6.07, 6.45) is 0. The van der Waals surface area contributed by atoms with E-state index < -0.39 is 11.1 Å². The quantitative estimate of drug-likeness (QED) is 0.778. The van der Waals surface area contributed by atoms with Crippen LogP contribution in [0.25, 0.3) is 0 Å². The van der Waals surface area contributed by atoms with Gasteiger partial charge >= 0.3 is 0 Å². The van der Waals surface area contributed by atoms with Gasteiger partial charge in [-0.3, -0.25) is 4.79 Å². The maximum atomic E-state index is 11.8. The average molecular weight is 329 g/mol. The Morgan fingerprint density at radius 2 is 1.74 bits per heavy atom. The van der Waals surface area contributed by atoms with Gasteiger partial charge in [-0.25, -0.2) is 0 Å². The number of carbonyl (C=O) groups is 1. The van der Waals surface area contributed by atoms with Gasteiger partial charge in [0.15, 0.2) is 0 Å². The molecular weight excluding hydrogens is 308 g/mol. The van der Waals surface area contributed by atoms with Gasteiger partial charge in [-0.05, 0) is 52.0 Å². The summed E-state index contributed by atoms with van der Waals surface area (Å²) in [5, 5.41) is 15.8. The Morgan fingerprint density at radius 1 is 1.21 bits per heavy atom. The summed E-state index contributed by atoms with van der Waals surface area (Å²) in [5.41, 5.74) is -0.717. The predicted molar refractivity (Wildman–Crippen MR) is 81.2 cm³/mol. The van der Waals surface area contributed by atoms with Gasteiger partial charge in [0.2, 0.25) is 5.91 Å². The highest BCUT2D eigenvalue weighted by molar-refractivity contribution is 9.10. The van der Waals surface area contributed by atoms with Crippen LogP contribution in [-0.4, -0.2) is 28.7 Å². The van der Waals surface area contributed by atoms with E-state index in [1.54, 1.807) is 13.8 Å². The molecule has 1 amide bonds. The summed E-state index contributed by atoms with van der Waals surface area (Å²) in [4.78, 5) is 11.8. The molecule has 1 aromatic carbocycles. The van der Waals surface area contributed by atoms with Crippen molar-refractivity contribution in [3.05, 3.63) is 28.7 Å². The van der Waals surface area contributed by atoms with Crippen LogP contribution in [0.5, 0.6) is 0 Å². The van der Waals surface area contributed by atoms with E-state index in [0.717, 1.165) is 10.2 Å². The Bertz CT molecular complexity index is 436. The highest BCUT2D eigenvalue weighted by Crippen LogP contribution is 2.20. The number of carbonyl (C=O) groups excluding carboxylic acids is 1. The summed E-state index contributed by atoms with van der Waals surface area (Å²) < 4.78 is 0.965. The lowest BCUT2D eigenvalue weighted by Crippen LogP contribution is -2.57. The maximum absolute atomic E-state index is 11.8. The lowest BCUT2D eigenvalue weighted by Gasteiger charge is -2.38. The highest BCUT2D eigenvalue weighted by Gasteiger charge is 2.34. The molecule has 0 radical (unpaired) electrons. The number of hydrogen-bond donors (Lipinski definition) is 3. The van der Waals surface area contributed by atoms with Gasteiger partial charge in [0, 0.05) is 15.7 Å². The third-order valence-electron chi connectivity index (χ3n) is 3.35. The maximum Gasteiger partial charge on any atom is 0.238 e. The zero-order valence-electron chi connectivity index (χ0n) is 11.7. The number of halogens is 1. The standard InChI is InChI=1S/C14H21BrN2O2/c1-13(2,14(3,4)19)16-9-12(18)17-11-7-5-10(15)6-8-11/h5-8,16,19H,9H2,1-4H3,(H,17,18). The van der Waals surface area contributed by atoms with Gasteiger partial charge in [-0.15, -0.1) is 0 Å². The molecule has 0 saturated carbocycles. The number of anilines is 1. The normalized spacial score (nSPS) is 12.3. The lowest BCUT2D eigenvalue weighted by molar-refractivity contribution is -0.116. The minimum absolute atomic E-state index is 0.139. The molecule has 0 aromatic heterocycles. The first-order valence-corrected chi connectivity index (χ1v) is 6.94. The second kappa shape index (κ2) is 6.03. The fourth-order valence-electron chi connectivity index (χ4n) is 1.26. The predicted octanol–water partition coefficient (Wildman–Crippen LogP) is 2.53. The number of benzene rings is 1. The summed E-state index contributed by atoms with van der Waals surface area (Å²) in [6.45, 7) is 7.30. The van der Waals surface area contributed by atoms with E-state index in [0.29, 0.717) is 0 Å². The van der Waals surface area contributed by atoms with Crippen LogP contribution in [-0.2, 0) is 4.79 Å². The first-order chi connectivity index (χ1) is 8.62. The summed E-state index contributed by atoms with van der Waals surface area (Å²) in [5.74, 6) is -0.139. The van der Waals surface area contributed by atoms with Crippen LogP contribution in [0.4, 0.5) is 5.69 Å². The van der Waals surface area contributed by atoms with Crippen molar-refractivity contribution >= 4 is 27.5 Å². The molecule has 106 valence electrons. The van der Waals surface area contributed by atoms with Crippen molar-refractivity contribution in [1.82, 2.24) is 5.32 Å². The third kappa shape index (κ3) is 4.93. The first-order valence-electron chi connectivity index (χ1n) is 6.15. The Balaban J connectivity index is 2.51. The topological polar surface area (TPSA) is 61.4 Å². The monoisotopic (exact) mass is 328 g/mol. The molecule has 0 aliphatic carbocycles. The van der Waals surface area contributed by atoms with E-state index in [2.05, 4.69) is 26.6 Å². The molecule has 1 aromatic rings. The minimum Gasteiger partial charge on any atom is -0.389 e. The zero-order chi connectivity index (χ0) is 14.7. The largest absolute Gasteiger partial charge is 0.389 e. The Morgan fingerprint density at radius 3 is 2.21 bits per heavy atom. The molecule has 0 spiro atoms. The number of rotatable bonds is 5. The fourth-order valence-corrected chi connectivity index (χ4v) is 1.52. The Labute approximate surface area is 122 Å².